The van der Waals surface area contributed by atoms with Gasteiger partial charge in [0.1, 0.15) is 0 Å². The molecule has 5 nitrogen and oxygen atoms in total. The Bertz CT molecular complexity index is 864. The highest BCUT2D eigenvalue weighted by atomic mass is 35.5. The van der Waals surface area contributed by atoms with Gasteiger partial charge in [0, 0.05) is 17.1 Å². The molecule has 0 saturated heterocycles. The standard InChI is InChI=1S/C18H21ClN2O3S/c1-12-5-4-6-16(13(12)2)20-18(22)11-17(21-25(3,23)24)14-7-9-15(19)10-8-14/h4-10,17,21H,11H2,1-3H3,(H,20,22)/t17-/m1/s1. The van der Waals surface area contributed by atoms with Gasteiger partial charge in [-0.1, -0.05) is 35.9 Å². The second-order valence-electron chi connectivity index (χ2n) is 5.99. The molecular weight excluding hydrogens is 360 g/mol. The lowest BCUT2D eigenvalue weighted by molar-refractivity contribution is -0.116. The first-order valence-corrected chi connectivity index (χ1v) is 10.0. The second-order valence-corrected chi connectivity index (χ2v) is 8.21. The van der Waals surface area contributed by atoms with Crippen molar-refractivity contribution in [1.82, 2.24) is 4.72 Å². The van der Waals surface area contributed by atoms with Crippen LogP contribution in [0.25, 0.3) is 0 Å². The molecule has 2 aromatic carbocycles. The van der Waals surface area contributed by atoms with Crippen LogP contribution < -0.4 is 10.0 Å². The van der Waals surface area contributed by atoms with Gasteiger partial charge in [-0.2, -0.15) is 0 Å². The number of halogens is 1. The number of benzene rings is 2. The fourth-order valence-corrected chi connectivity index (χ4v) is 3.32. The Labute approximate surface area is 153 Å². The van der Waals surface area contributed by atoms with E-state index < -0.39 is 16.1 Å². The Morgan fingerprint density at radius 2 is 1.76 bits per heavy atom. The van der Waals surface area contributed by atoms with Crippen LogP contribution >= 0.6 is 11.6 Å². The highest BCUT2D eigenvalue weighted by Gasteiger charge is 2.20. The number of carbonyl (C=O) groups is 1. The highest BCUT2D eigenvalue weighted by molar-refractivity contribution is 7.88. The predicted molar refractivity (Wildman–Crippen MR) is 101 cm³/mol. The van der Waals surface area contributed by atoms with E-state index in [4.69, 9.17) is 11.6 Å². The molecule has 7 heteroatoms. The van der Waals surface area contributed by atoms with Crippen LogP contribution in [0.3, 0.4) is 0 Å². The molecule has 0 unspecified atom stereocenters. The molecule has 0 aliphatic heterocycles. The Balaban J connectivity index is 2.19. The molecule has 0 aromatic heterocycles. The van der Waals surface area contributed by atoms with Gasteiger partial charge in [-0.05, 0) is 48.7 Å². The van der Waals surface area contributed by atoms with Gasteiger partial charge in [0.15, 0.2) is 0 Å². The van der Waals surface area contributed by atoms with Crippen LogP contribution in [-0.2, 0) is 14.8 Å². The maximum Gasteiger partial charge on any atom is 0.226 e. The molecule has 0 saturated carbocycles. The molecule has 0 aliphatic rings. The van der Waals surface area contributed by atoms with Crippen LogP contribution in [0.2, 0.25) is 5.02 Å². The Hall–Kier alpha value is -1.89. The van der Waals surface area contributed by atoms with Gasteiger partial charge in [-0.25, -0.2) is 13.1 Å². The quantitative estimate of drug-likeness (QED) is 0.804. The number of hydrogen-bond donors (Lipinski definition) is 2. The topological polar surface area (TPSA) is 75.3 Å². The summed E-state index contributed by atoms with van der Waals surface area (Å²) in [4.78, 5) is 12.4. The van der Waals surface area contributed by atoms with Gasteiger partial charge in [0.05, 0.1) is 12.3 Å². The van der Waals surface area contributed by atoms with E-state index >= 15 is 0 Å². The number of anilines is 1. The molecule has 1 amide bonds. The molecule has 2 rings (SSSR count). The van der Waals surface area contributed by atoms with Crippen LogP contribution in [0.15, 0.2) is 42.5 Å². The lowest BCUT2D eigenvalue weighted by Crippen LogP contribution is -2.30. The van der Waals surface area contributed by atoms with Crippen molar-refractivity contribution in [2.45, 2.75) is 26.3 Å². The third kappa shape index (κ3) is 5.85. The first kappa shape index (κ1) is 19.4. The van der Waals surface area contributed by atoms with Crippen molar-refractivity contribution in [3.05, 3.63) is 64.2 Å². The summed E-state index contributed by atoms with van der Waals surface area (Å²) < 4.78 is 25.8. The fraction of sp³-hybridized carbons (Fsp3) is 0.278. The highest BCUT2D eigenvalue weighted by Crippen LogP contribution is 2.23. The Morgan fingerprint density at radius 1 is 1.12 bits per heavy atom. The van der Waals surface area contributed by atoms with Crippen molar-refractivity contribution in [3.8, 4) is 0 Å². The number of sulfonamides is 1. The minimum atomic E-state index is -3.48. The van der Waals surface area contributed by atoms with Crippen LogP contribution in [0.1, 0.15) is 29.2 Å². The zero-order valence-electron chi connectivity index (χ0n) is 14.3. The second kappa shape index (κ2) is 7.99. The molecule has 1 atom stereocenters. The molecule has 0 spiro atoms. The van der Waals surface area contributed by atoms with Gasteiger partial charge in [0.2, 0.25) is 15.9 Å². The Morgan fingerprint density at radius 3 is 2.36 bits per heavy atom. The van der Waals surface area contributed by atoms with Crippen molar-refractivity contribution in [3.63, 3.8) is 0 Å². The molecule has 25 heavy (non-hydrogen) atoms. The van der Waals surface area contributed by atoms with Crippen LogP contribution in [0.5, 0.6) is 0 Å². The van der Waals surface area contributed by atoms with Gasteiger partial charge in [-0.15, -0.1) is 0 Å². The summed E-state index contributed by atoms with van der Waals surface area (Å²) in [7, 11) is -3.48. The monoisotopic (exact) mass is 380 g/mol. The van der Waals surface area contributed by atoms with E-state index in [0.29, 0.717) is 10.6 Å². The molecule has 2 aromatic rings. The van der Waals surface area contributed by atoms with Crippen molar-refractivity contribution in [2.24, 2.45) is 0 Å². The number of aryl methyl sites for hydroxylation is 1. The van der Waals surface area contributed by atoms with E-state index in [1.54, 1.807) is 24.3 Å². The third-order valence-corrected chi connectivity index (χ3v) is 4.86. The van der Waals surface area contributed by atoms with E-state index in [9.17, 15) is 13.2 Å². The molecule has 0 fully saturated rings. The molecule has 134 valence electrons. The summed E-state index contributed by atoms with van der Waals surface area (Å²) in [6.45, 7) is 3.89. The minimum absolute atomic E-state index is 0.0257. The molecule has 2 N–H and O–H groups in total. The van der Waals surface area contributed by atoms with Gasteiger partial charge < -0.3 is 5.32 Å². The SMILES string of the molecule is Cc1cccc(NC(=O)C[C@@H](NS(C)(=O)=O)c2ccc(Cl)cc2)c1C. The fourth-order valence-electron chi connectivity index (χ4n) is 2.45. The molecule has 0 radical (unpaired) electrons. The van der Waals surface area contributed by atoms with E-state index in [-0.39, 0.29) is 12.3 Å². The average Bonchev–Trinajstić information content (AvgIpc) is 2.50. The van der Waals surface area contributed by atoms with Crippen molar-refractivity contribution >= 4 is 33.2 Å². The van der Waals surface area contributed by atoms with Crippen LogP contribution in [0.4, 0.5) is 5.69 Å². The number of rotatable bonds is 6. The molecular formula is C18H21ClN2O3S. The van der Waals surface area contributed by atoms with E-state index in [2.05, 4.69) is 10.0 Å². The van der Waals surface area contributed by atoms with Gasteiger partial charge >= 0.3 is 0 Å². The largest absolute Gasteiger partial charge is 0.326 e. The summed E-state index contributed by atoms with van der Waals surface area (Å²) in [5.74, 6) is -0.273. The van der Waals surface area contributed by atoms with Gasteiger partial charge in [-0.3, -0.25) is 4.79 Å². The van der Waals surface area contributed by atoms with E-state index in [1.807, 2.05) is 32.0 Å². The van der Waals surface area contributed by atoms with E-state index in [0.717, 1.165) is 23.1 Å². The zero-order valence-corrected chi connectivity index (χ0v) is 15.9. The van der Waals surface area contributed by atoms with Crippen molar-refractivity contribution < 1.29 is 13.2 Å². The van der Waals surface area contributed by atoms with Crippen LogP contribution in [-0.4, -0.2) is 20.6 Å². The number of hydrogen-bond acceptors (Lipinski definition) is 3. The summed E-state index contributed by atoms with van der Waals surface area (Å²) >= 11 is 5.88. The van der Waals surface area contributed by atoms with Gasteiger partial charge in [0.25, 0.3) is 0 Å². The number of carbonyl (C=O) groups excluding carboxylic acids is 1. The summed E-state index contributed by atoms with van der Waals surface area (Å²) in [6.07, 6.45) is 1.04. The molecule has 0 bridgehead atoms. The summed E-state index contributed by atoms with van der Waals surface area (Å²) in [5, 5.41) is 3.39. The first-order chi connectivity index (χ1) is 11.7. The van der Waals surface area contributed by atoms with E-state index in [1.165, 1.54) is 0 Å². The number of amides is 1. The average molecular weight is 381 g/mol. The smallest absolute Gasteiger partial charge is 0.226 e. The minimum Gasteiger partial charge on any atom is -0.326 e. The third-order valence-electron chi connectivity index (χ3n) is 3.90. The predicted octanol–water partition coefficient (Wildman–Crippen LogP) is 3.58. The maximum atomic E-state index is 12.4. The lowest BCUT2D eigenvalue weighted by Gasteiger charge is -2.18. The lowest BCUT2D eigenvalue weighted by atomic mass is 10.0. The Kier molecular flexibility index (Phi) is 6.21. The molecule has 0 heterocycles. The van der Waals surface area contributed by atoms with Crippen molar-refractivity contribution in [2.75, 3.05) is 11.6 Å². The normalized spacial score (nSPS) is 12.6. The summed E-state index contributed by atoms with van der Waals surface area (Å²) in [5.41, 5.74) is 3.45. The first-order valence-electron chi connectivity index (χ1n) is 7.74. The maximum absolute atomic E-state index is 12.4. The van der Waals surface area contributed by atoms with Crippen LogP contribution in [0, 0.1) is 13.8 Å². The zero-order chi connectivity index (χ0) is 18.6. The van der Waals surface area contributed by atoms with Crippen molar-refractivity contribution in [1.29, 1.82) is 0 Å². The molecule has 0 aliphatic carbocycles. The summed E-state index contributed by atoms with van der Waals surface area (Å²) in [6, 6.07) is 11.7. The number of nitrogens with one attached hydrogen (secondary N) is 2.